The molecule has 0 amide bonds. The van der Waals surface area contributed by atoms with Gasteiger partial charge in [0.05, 0.1) is 5.69 Å². The first-order valence-electron chi connectivity index (χ1n) is 7.53. The van der Waals surface area contributed by atoms with E-state index in [0.29, 0.717) is 12.3 Å². The van der Waals surface area contributed by atoms with E-state index in [1.165, 1.54) is 5.56 Å². The van der Waals surface area contributed by atoms with E-state index in [9.17, 15) is 0 Å². The van der Waals surface area contributed by atoms with Gasteiger partial charge in [-0.05, 0) is 30.7 Å². The third-order valence-electron chi connectivity index (χ3n) is 3.37. The van der Waals surface area contributed by atoms with E-state index in [1.54, 1.807) is 0 Å². The maximum Gasteiger partial charge on any atom is 0.142 e. The van der Waals surface area contributed by atoms with Gasteiger partial charge in [0.2, 0.25) is 0 Å². The number of nitrogens with zero attached hydrogens (tertiary/aromatic N) is 1. The van der Waals surface area contributed by atoms with E-state index < -0.39 is 0 Å². The molecule has 0 aromatic heterocycles. The van der Waals surface area contributed by atoms with Gasteiger partial charge in [0.1, 0.15) is 12.4 Å². The Morgan fingerprint density at radius 2 is 1.67 bits per heavy atom. The van der Waals surface area contributed by atoms with E-state index in [0.717, 1.165) is 31.8 Å². The van der Waals surface area contributed by atoms with Crippen LogP contribution in [0.1, 0.15) is 18.9 Å². The van der Waals surface area contributed by atoms with Crippen molar-refractivity contribution in [3.63, 3.8) is 0 Å². The summed E-state index contributed by atoms with van der Waals surface area (Å²) in [5.41, 5.74) is 7.92. The predicted octanol–water partition coefficient (Wildman–Crippen LogP) is 3.56. The van der Waals surface area contributed by atoms with Crippen LogP contribution in [0.4, 0.5) is 5.69 Å². The lowest BCUT2D eigenvalue weighted by Gasteiger charge is -2.22. The standard InChI is InChI=1S/C18H24N2O/c1-2-12-20(15-16-8-4-3-5-9-16)13-14-21-18-11-7-6-10-17(18)19/h3-11H,2,12-15,19H2,1H3. The second kappa shape index (κ2) is 8.32. The first-order valence-corrected chi connectivity index (χ1v) is 7.53. The zero-order valence-electron chi connectivity index (χ0n) is 12.7. The van der Waals surface area contributed by atoms with E-state index in [4.69, 9.17) is 10.5 Å². The lowest BCUT2D eigenvalue weighted by molar-refractivity contribution is 0.203. The molecule has 2 N–H and O–H groups in total. The molecule has 3 nitrogen and oxygen atoms in total. The van der Waals surface area contributed by atoms with Gasteiger partial charge in [-0.1, -0.05) is 49.4 Å². The van der Waals surface area contributed by atoms with Crippen molar-refractivity contribution >= 4 is 5.69 Å². The number of anilines is 1. The van der Waals surface area contributed by atoms with E-state index in [1.807, 2.05) is 24.3 Å². The van der Waals surface area contributed by atoms with Crippen molar-refractivity contribution in [1.82, 2.24) is 4.90 Å². The van der Waals surface area contributed by atoms with Crippen LogP contribution in [0.2, 0.25) is 0 Å². The van der Waals surface area contributed by atoms with Crippen LogP contribution < -0.4 is 10.5 Å². The van der Waals surface area contributed by atoms with Crippen LogP contribution in [-0.4, -0.2) is 24.6 Å². The largest absolute Gasteiger partial charge is 0.490 e. The Hall–Kier alpha value is -2.00. The van der Waals surface area contributed by atoms with Crippen molar-refractivity contribution in [3.05, 3.63) is 60.2 Å². The lowest BCUT2D eigenvalue weighted by Crippen LogP contribution is -2.29. The van der Waals surface area contributed by atoms with Crippen molar-refractivity contribution in [2.45, 2.75) is 19.9 Å². The number of nitrogens with two attached hydrogens (primary N) is 1. The Balaban J connectivity index is 1.84. The van der Waals surface area contributed by atoms with E-state index in [2.05, 4.69) is 42.2 Å². The number of ether oxygens (including phenoxy) is 1. The molecule has 0 fully saturated rings. The summed E-state index contributed by atoms with van der Waals surface area (Å²) >= 11 is 0. The maximum absolute atomic E-state index is 5.88. The Labute approximate surface area is 127 Å². The van der Waals surface area contributed by atoms with Crippen LogP contribution in [0.5, 0.6) is 5.75 Å². The summed E-state index contributed by atoms with van der Waals surface area (Å²) < 4.78 is 5.78. The summed E-state index contributed by atoms with van der Waals surface area (Å²) in [6, 6.07) is 18.2. The van der Waals surface area contributed by atoms with Gasteiger partial charge in [0.15, 0.2) is 0 Å². The summed E-state index contributed by atoms with van der Waals surface area (Å²) in [5, 5.41) is 0. The van der Waals surface area contributed by atoms with Gasteiger partial charge in [-0.15, -0.1) is 0 Å². The summed E-state index contributed by atoms with van der Waals surface area (Å²) in [4.78, 5) is 2.41. The molecule has 3 heteroatoms. The average Bonchev–Trinajstić information content (AvgIpc) is 2.50. The summed E-state index contributed by atoms with van der Waals surface area (Å²) in [6.07, 6.45) is 1.14. The van der Waals surface area contributed by atoms with Crippen molar-refractivity contribution in [2.24, 2.45) is 0 Å². The van der Waals surface area contributed by atoms with Crippen molar-refractivity contribution in [2.75, 3.05) is 25.4 Å². The highest BCUT2D eigenvalue weighted by Gasteiger charge is 2.06. The van der Waals surface area contributed by atoms with Crippen LogP contribution >= 0.6 is 0 Å². The number of benzene rings is 2. The number of hydrogen-bond donors (Lipinski definition) is 1. The molecule has 0 saturated heterocycles. The molecule has 0 aliphatic rings. The molecule has 0 bridgehead atoms. The van der Waals surface area contributed by atoms with Crippen molar-refractivity contribution in [3.8, 4) is 5.75 Å². The molecule has 0 aliphatic carbocycles. The third kappa shape index (κ3) is 5.12. The predicted molar refractivity (Wildman–Crippen MR) is 88.4 cm³/mol. The molecule has 0 heterocycles. The zero-order valence-corrected chi connectivity index (χ0v) is 12.7. The van der Waals surface area contributed by atoms with Gasteiger partial charge in [-0.2, -0.15) is 0 Å². The maximum atomic E-state index is 5.88. The van der Waals surface area contributed by atoms with Crippen LogP contribution in [0, 0.1) is 0 Å². The molecule has 2 rings (SSSR count). The van der Waals surface area contributed by atoms with E-state index >= 15 is 0 Å². The second-order valence-corrected chi connectivity index (χ2v) is 5.15. The highest BCUT2D eigenvalue weighted by atomic mass is 16.5. The van der Waals surface area contributed by atoms with Gasteiger partial charge < -0.3 is 10.5 Å². The Morgan fingerprint density at radius 1 is 0.952 bits per heavy atom. The molecule has 112 valence electrons. The SMILES string of the molecule is CCCN(CCOc1ccccc1N)Cc1ccccc1. The smallest absolute Gasteiger partial charge is 0.142 e. The minimum atomic E-state index is 0.654. The molecule has 0 radical (unpaired) electrons. The fourth-order valence-corrected chi connectivity index (χ4v) is 2.32. The van der Waals surface area contributed by atoms with Crippen molar-refractivity contribution in [1.29, 1.82) is 0 Å². The molecule has 2 aromatic rings. The average molecular weight is 284 g/mol. The monoisotopic (exact) mass is 284 g/mol. The summed E-state index contributed by atoms with van der Waals surface area (Å²) in [7, 11) is 0. The highest BCUT2D eigenvalue weighted by Crippen LogP contribution is 2.19. The molecule has 0 spiro atoms. The molecule has 2 aromatic carbocycles. The molecular formula is C18H24N2O. The quantitative estimate of drug-likeness (QED) is 0.753. The minimum absolute atomic E-state index is 0.654. The van der Waals surface area contributed by atoms with E-state index in [-0.39, 0.29) is 0 Å². The number of hydrogen-bond acceptors (Lipinski definition) is 3. The topological polar surface area (TPSA) is 38.5 Å². The first kappa shape index (κ1) is 15.4. The number of para-hydroxylation sites is 2. The third-order valence-corrected chi connectivity index (χ3v) is 3.37. The van der Waals surface area contributed by atoms with Crippen molar-refractivity contribution < 1.29 is 4.74 Å². The van der Waals surface area contributed by atoms with Gasteiger partial charge in [0, 0.05) is 13.1 Å². The second-order valence-electron chi connectivity index (χ2n) is 5.15. The Bertz CT molecular complexity index is 528. The lowest BCUT2D eigenvalue weighted by atomic mass is 10.2. The van der Waals surface area contributed by atoms with Crippen LogP contribution in [-0.2, 0) is 6.54 Å². The molecule has 0 saturated carbocycles. The summed E-state index contributed by atoms with van der Waals surface area (Å²) in [5.74, 6) is 0.772. The normalized spacial score (nSPS) is 10.8. The van der Waals surface area contributed by atoms with Gasteiger partial charge in [0.25, 0.3) is 0 Å². The van der Waals surface area contributed by atoms with Crippen LogP contribution in [0.25, 0.3) is 0 Å². The molecule has 0 aliphatic heterocycles. The first-order chi connectivity index (χ1) is 10.3. The zero-order chi connectivity index (χ0) is 14.9. The molecule has 0 atom stereocenters. The van der Waals surface area contributed by atoms with Gasteiger partial charge in [-0.25, -0.2) is 0 Å². The molecule has 0 unspecified atom stereocenters. The number of rotatable bonds is 8. The Kier molecular flexibility index (Phi) is 6.10. The van der Waals surface area contributed by atoms with Crippen LogP contribution in [0.15, 0.2) is 54.6 Å². The fraction of sp³-hybridized carbons (Fsp3) is 0.333. The van der Waals surface area contributed by atoms with Crippen LogP contribution in [0.3, 0.4) is 0 Å². The summed E-state index contributed by atoms with van der Waals surface area (Å²) in [6.45, 7) is 5.79. The van der Waals surface area contributed by atoms with Gasteiger partial charge in [-0.3, -0.25) is 4.90 Å². The number of nitrogen functional groups attached to an aromatic ring is 1. The molecular weight excluding hydrogens is 260 g/mol. The Morgan fingerprint density at radius 3 is 2.38 bits per heavy atom. The fourth-order valence-electron chi connectivity index (χ4n) is 2.32. The molecule has 21 heavy (non-hydrogen) atoms. The highest BCUT2D eigenvalue weighted by molar-refractivity contribution is 5.51. The minimum Gasteiger partial charge on any atom is -0.490 e. The van der Waals surface area contributed by atoms with Gasteiger partial charge >= 0.3 is 0 Å².